The Morgan fingerprint density at radius 2 is 2.18 bits per heavy atom. The average Bonchev–Trinajstić information content (AvgIpc) is 2.64. The Hall–Kier alpha value is -0.0800. The molecule has 1 aliphatic rings. The highest BCUT2D eigenvalue weighted by Gasteiger charge is 2.35. The molecule has 0 radical (unpaired) electrons. The van der Waals surface area contributed by atoms with Gasteiger partial charge >= 0.3 is 0 Å². The van der Waals surface area contributed by atoms with Gasteiger partial charge < -0.3 is 11.1 Å². The summed E-state index contributed by atoms with van der Waals surface area (Å²) in [6, 6.07) is 0.408. The first-order valence-electron chi connectivity index (χ1n) is 7.58. The summed E-state index contributed by atoms with van der Waals surface area (Å²) in [7, 11) is 0. The van der Waals surface area contributed by atoms with E-state index in [1.54, 1.807) is 0 Å². The van der Waals surface area contributed by atoms with Crippen LogP contribution in [0.3, 0.4) is 0 Å². The van der Waals surface area contributed by atoms with E-state index in [0.29, 0.717) is 11.5 Å². The van der Waals surface area contributed by atoms with Crippen LogP contribution >= 0.6 is 0 Å². The lowest BCUT2D eigenvalue weighted by Gasteiger charge is -2.30. The van der Waals surface area contributed by atoms with Crippen molar-refractivity contribution in [3.63, 3.8) is 0 Å². The van der Waals surface area contributed by atoms with Gasteiger partial charge in [-0.3, -0.25) is 0 Å². The molecule has 3 N–H and O–H groups in total. The lowest BCUT2D eigenvalue weighted by atomic mass is 9.85. The number of nitrogens with one attached hydrogen (secondary N) is 1. The van der Waals surface area contributed by atoms with E-state index in [1.807, 2.05) is 0 Å². The Balaban J connectivity index is 2.21. The van der Waals surface area contributed by atoms with E-state index >= 15 is 0 Å². The molecule has 0 heterocycles. The fraction of sp³-hybridized carbons (Fsp3) is 1.00. The van der Waals surface area contributed by atoms with Crippen LogP contribution in [0.4, 0.5) is 0 Å². The number of hydrogen-bond donors (Lipinski definition) is 2. The van der Waals surface area contributed by atoms with Gasteiger partial charge in [0.2, 0.25) is 0 Å². The van der Waals surface area contributed by atoms with Gasteiger partial charge in [-0.05, 0) is 37.1 Å². The van der Waals surface area contributed by atoms with Crippen LogP contribution in [-0.4, -0.2) is 19.1 Å². The van der Waals surface area contributed by atoms with Crippen molar-refractivity contribution in [3.05, 3.63) is 0 Å². The molecule has 3 atom stereocenters. The summed E-state index contributed by atoms with van der Waals surface area (Å²) in [6.45, 7) is 9.23. The van der Waals surface area contributed by atoms with Crippen LogP contribution < -0.4 is 11.1 Å². The number of nitrogens with two attached hydrogens (primary N) is 1. The third-order valence-electron chi connectivity index (χ3n) is 4.66. The van der Waals surface area contributed by atoms with Crippen LogP contribution in [0, 0.1) is 11.3 Å². The molecule has 0 saturated heterocycles. The predicted molar refractivity (Wildman–Crippen MR) is 76.1 cm³/mol. The van der Waals surface area contributed by atoms with Crippen molar-refractivity contribution in [2.75, 3.05) is 13.1 Å². The van der Waals surface area contributed by atoms with Gasteiger partial charge in [0.05, 0.1) is 0 Å². The zero-order chi connectivity index (χ0) is 12.7. The van der Waals surface area contributed by atoms with Crippen LogP contribution in [0.5, 0.6) is 0 Å². The second-order valence-electron chi connectivity index (χ2n) is 6.20. The maximum atomic E-state index is 6.20. The van der Waals surface area contributed by atoms with E-state index < -0.39 is 0 Å². The molecule has 2 heteroatoms. The Kier molecular flexibility index (Phi) is 6.50. The maximum absolute atomic E-state index is 6.20. The monoisotopic (exact) mass is 240 g/mol. The molecule has 0 aromatic rings. The Morgan fingerprint density at radius 3 is 2.71 bits per heavy atom. The molecule has 1 aliphatic carbocycles. The molecule has 0 aromatic heterocycles. The van der Waals surface area contributed by atoms with Gasteiger partial charge in [-0.1, -0.05) is 46.5 Å². The normalized spacial score (nSPS) is 30.7. The second kappa shape index (κ2) is 7.38. The van der Waals surface area contributed by atoms with Crippen LogP contribution in [0.2, 0.25) is 0 Å². The maximum Gasteiger partial charge on any atom is 0.0105 e. The van der Waals surface area contributed by atoms with Crippen molar-refractivity contribution in [3.8, 4) is 0 Å². The van der Waals surface area contributed by atoms with E-state index in [9.17, 15) is 0 Å². The highest BCUT2D eigenvalue weighted by molar-refractivity contribution is 4.92. The third-order valence-corrected chi connectivity index (χ3v) is 4.66. The Labute approximate surface area is 108 Å². The molecule has 102 valence electrons. The summed E-state index contributed by atoms with van der Waals surface area (Å²) < 4.78 is 0. The Morgan fingerprint density at radius 1 is 1.41 bits per heavy atom. The van der Waals surface area contributed by atoms with E-state index in [1.165, 1.54) is 51.5 Å². The van der Waals surface area contributed by atoms with Gasteiger partial charge in [-0.2, -0.15) is 0 Å². The molecule has 0 aromatic carbocycles. The molecule has 1 rings (SSSR count). The Bertz CT molecular complexity index is 205. The minimum absolute atomic E-state index is 0.350. The van der Waals surface area contributed by atoms with Crippen LogP contribution in [-0.2, 0) is 0 Å². The van der Waals surface area contributed by atoms with E-state index in [-0.39, 0.29) is 0 Å². The second-order valence-corrected chi connectivity index (χ2v) is 6.20. The lowest BCUT2D eigenvalue weighted by molar-refractivity contribution is 0.267. The van der Waals surface area contributed by atoms with E-state index in [0.717, 1.165) is 12.5 Å². The van der Waals surface area contributed by atoms with Crippen LogP contribution in [0.25, 0.3) is 0 Å². The minimum atomic E-state index is 0.350. The number of rotatable bonds is 8. The van der Waals surface area contributed by atoms with Crippen molar-refractivity contribution < 1.29 is 0 Å². The van der Waals surface area contributed by atoms with Crippen molar-refractivity contribution in [2.24, 2.45) is 17.1 Å². The fourth-order valence-corrected chi connectivity index (χ4v) is 2.98. The summed E-state index contributed by atoms with van der Waals surface area (Å²) in [6.07, 6.45) is 9.19. The minimum Gasteiger partial charge on any atom is -0.327 e. The van der Waals surface area contributed by atoms with Gasteiger partial charge in [0.15, 0.2) is 0 Å². The van der Waals surface area contributed by atoms with E-state index in [2.05, 4.69) is 26.1 Å². The first-order chi connectivity index (χ1) is 8.12. The zero-order valence-electron chi connectivity index (χ0n) is 12.1. The molecule has 1 saturated carbocycles. The number of hydrogen-bond acceptors (Lipinski definition) is 2. The highest BCUT2D eigenvalue weighted by atomic mass is 14.9. The molecular weight excluding hydrogens is 208 g/mol. The van der Waals surface area contributed by atoms with Crippen molar-refractivity contribution in [1.82, 2.24) is 5.32 Å². The molecule has 0 bridgehead atoms. The predicted octanol–water partition coefficient (Wildman–Crippen LogP) is 3.31. The van der Waals surface area contributed by atoms with Crippen molar-refractivity contribution >= 4 is 0 Å². The van der Waals surface area contributed by atoms with E-state index in [4.69, 9.17) is 5.73 Å². The first-order valence-corrected chi connectivity index (χ1v) is 7.58. The smallest absolute Gasteiger partial charge is 0.0105 e. The largest absolute Gasteiger partial charge is 0.327 e. The SMILES string of the molecule is CCCCC(CC)CNCC1(C)CCCC1N. The zero-order valence-corrected chi connectivity index (χ0v) is 12.1. The van der Waals surface area contributed by atoms with Crippen LogP contribution in [0.15, 0.2) is 0 Å². The summed E-state index contributed by atoms with van der Waals surface area (Å²) in [5, 5.41) is 3.68. The molecule has 0 amide bonds. The molecule has 2 nitrogen and oxygen atoms in total. The van der Waals surface area contributed by atoms with Crippen molar-refractivity contribution in [2.45, 2.75) is 71.8 Å². The molecular formula is C15H32N2. The van der Waals surface area contributed by atoms with Crippen LogP contribution in [0.1, 0.15) is 65.7 Å². The van der Waals surface area contributed by atoms with Gasteiger partial charge in [0.25, 0.3) is 0 Å². The standard InChI is InChI=1S/C15H32N2/c1-4-6-8-13(5-2)11-17-12-15(3)10-7-9-14(15)16/h13-14,17H,4-12,16H2,1-3H3. The summed E-state index contributed by atoms with van der Waals surface area (Å²) in [4.78, 5) is 0. The molecule has 17 heavy (non-hydrogen) atoms. The van der Waals surface area contributed by atoms with Gasteiger partial charge in [0.1, 0.15) is 0 Å². The first kappa shape index (κ1) is 15.0. The lowest BCUT2D eigenvalue weighted by Crippen LogP contribution is -2.43. The summed E-state index contributed by atoms with van der Waals surface area (Å²) in [5.74, 6) is 0.858. The number of unbranched alkanes of at least 4 members (excludes halogenated alkanes) is 1. The summed E-state index contributed by atoms with van der Waals surface area (Å²) in [5.41, 5.74) is 6.55. The fourth-order valence-electron chi connectivity index (χ4n) is 2.98. The molecule has 0 aliphatic heterocycles. The van der Waals surface area contributed by atoms with Crippen molar-refractivity contribution in [1.29, 1.82) is 0 Å². The average molecular weight is 240 g/mol. The molecule has 3 unspecified atom stereocenters. The third kappa shape index (κ3) is 4.59. The summed E-state index contributed by atoms with van der Waals surface area (Å²) >= 11 is 0. The highest BCUT2D eigenvalue weighted by Crippen LogP contribution is 2.35. The molecule has 1 fully saturated rings. The van der Waals surface area contributed by atoms with Gasteiger partial charge in [-0.15, -0.1) is 0 Å². The molecule has 0 spiro atoms. The van der Waals surface area contributed by atoms with Gasteiger partial charge in [-0.25, -0.2) is 0 Å². The van der Waals surface area contributed by atoms with Gasteiger partial charge in [0, 0.05) is 12.6 Å². The quantitative estimate of drug-likeness (QED) is 0.683. The topological polar surface area (TPSA) is 38.0 Å².